The predicted molar refractivity (Wildman–Crippen MR) is 40.4 cm³/mol. The number of hydrogen-bond donors (Lipinski definition) is 3. The van der Waals surface area contributed by atoms with E-state index >= 15 is 0 Å². The largest absolute Gasteiger partial charge is 0.480 e. The topological polar surface area (TPSA) is 79.1 Å². The lowest BCUT2D eigenvalue weighted by atomic mass is 10.2. The monoisotopic (exact) mass is 174 g/mol. The number of nitrogens with one attached hydrogen (secondary N) is 1. The molecule has 0 aliphatic carbocycles. The molecule has 4 N–H and O–H groups in total. The second-order valence-corrected chi connectivity index (χ2v) is 2.53. The Labute approximate surface area is 68.0 Å². The SMILES string of the molecule is NC(C(=O)O)c1cc(Cl)c[nH]1. The molecule has 11 heavy (non-hydrogen) atoms. The van der Waals surface area contributed by atoms with E-state index in [4.69, 9.17) is 22.4 Å². The van der Waals surface area contributed by atoms with Crippen molar-refractivity contribution in [2.75, 3.05) is 0 Å². The van der Waals surface area contributed by atoms with Crippen LogP contribution in [0.2, 0.25) is 5.02 Å². The molecular formula is C6H7ClN2O2. The molecule has 0 spiro atoms. The van der Waals surface area contributed by atoms with Crippen molar-refractivity contribution in [3.8, 4) is 0 Å². The maximum atomic E-state index is 10.3. The molecule has 1 aromatic heterocycles. The number of H-pyrrole nitrogens is 1. The summed E-state index contributed by atoms with van der Waals surface area (Å²) < 4.78 is 0. The van der Waals surface area contributed by atoms with Crippen LogP contribution in [0, 0.1) is 0 Å². The summed E-state index contributed by atoms with van der Waals surface area (Å²) in [6, 6.07) is 0.461. The standard InChI is InChI=1S/C6H7ClN2O2/c7-3-1-4(9-2-3)5(8)6(10)11/h1-2,5,9H,8H2,(H,10,11). The van der Waals surface area contributed by atoms with Crippen LogP contribution >= 0.6 is 11.6 Å². The van der Waals surface area contributed by atoms with Gasteiger partial charge in [-0.05, 0) is 6.07 Å². The van der Waals surface area contributed by atoms with Crippen molar-refractivity contribution in [1.29, 1.82) is 0 Å². The Kier molecular flexibility index (Phi) is 2.16. The Balaban J connectivity index is 2.84. The van der Waals surface area contributed by atoms with Gasteiger partial charge in [-0.1, -0.05) is 11.6 Å². The molecule has 0 saturated carbocycles. The molecule has 1 unspecified atom stereocenters. The fraction of sp³-hybridized carbons (Fsp3) is 0.167. The molecule has 0 bridgehead atoms. The summed E-state index contributed by atoms with van der Waals surface area (Å²) in [5.41, 5.74) is 5.67. The molecule has 0 radical (unpaired) electrons. The third-order valence-corrected chi connectivity index (χ3v) is 1.49. The number of rotatable bonds is 2. The van der Waals surface area contributed by atoms with Crippen molar-refractivity contribution in [3.63, 3.8) is 0 Å². The van der Waals surface area contributed by atoms with Gasteiger partial charge in [0.1, 0.15) is 6.04 Å². The van der Waals surface area contributed by atoms with Gasteiger partial charge in [-0.25, -0.2) is 0 Å². The van der Waals surface area contributed by atoms with Crippen molar-refractivity contribution >= 4 is 17.6 Å². The highest BCUT2D eigenvalue weighted by atomic mass is 35.5. The van der Waals surface area contributed by atoms with E-state index in [9.17, 15) is 4.79 Å². The molecular weight excluding hydrogens is 168 g/mol. The molecule has 1 rings (SSSR count). The normalized spacial score (nSPS) is 12.9. The average molecular weight is 175 g/mol. The van der Waals surface area contributed by atoms with Gasteiger partial charge in [-0.15, -0.1) is 0 Å². The summed E-state index contributed by atoms with van der Waals surface area (Å²) >= 11 is 5.53. The summed E-state index contributed by atoms with van der Waals surface area (Å²) in [7, 11) is 0. The maximum absolute atomic E-state index is 10.3. The Hall–Kier alpha value is -1.00. The predicted octanol–water partition coefficient (Wildman–Crippen LogP) is 0.752. The van der Waals surface area contributed by atoms with Crippen LogP contribution in [-0.2, 0) is 4.79 Å². The van der Waals surface area contributed by atoms with Crippen LogP contribution in [0.15, 0.2) is 12.3 Å². The van der Waals surface area contributed by atoms with E-state index in [1.165, 1.54) is 12.3 Å². The Bertz CT molecular complexity index is 271. The Morgan fingerprint density at radius 2 is 2.45 bits per heavy atom. The fourth-order valence-electron chi connectivity index (χ4n) is 0.697. The molecule has 0 saturated heterocycles. The quantitative estimate of drug-likeness (QED) is 0.619. The third-order valence-electron chi connectivity index (χ3n) is 1.27. The van der Waals surface area contributed by atoms with Gasteiger partial charge in [0, 0.05) is 11.9 Å². The van der Waals surface area contributed by atoms with Crippen molar-refractivity contribution in [1.82, 2.24) is 4.98 Å². The van der Waals surface area contributed by atoms with E-state index in [1.807, 2.05) is 0 Å². The van der Waals surface area contributed by atoms with Gasteiger partial charge in [0.25, 0.3) is 0 Å². The minimum absolute atomic E-state index is 0.405. The molecule has 1 atom stereocenters. The van der Waals surface area contributed by atoms with E-state index < -0.39 is 12.0 Å². The first kappa shape index (κ1) is 8.10. The molecule has 0 aromatic carbocycles. The number of aliphatic carboxylic acids is 1. The lowest BCUT2D eigenvalue weighted by Gasteiger charge is -2.01. The zero-order chi connectivity index (χ0) is 8.43. The molecule has 5 heteroatoms. The first-order valence-electron chi connectivity index (χ1n) is 2.93. The van der Waals surface area contributed by atoms with Crippen LogP contribution in [0.5, 0.6) is 0 Å². The van der Waals surface area contributed by atoms with Crippen molar-refractivity contribution < 1.29 is 9.90 Å². The van der Waals surface area contributed by atoms with Gasteiger partial charge >= 0.3 is 5.97 Å². The smallest absolute Gasteiger partial charge is 0.326 e. The third kappa shape index (κ3) is 1.72. The Morgan fingerprint density at radius 3 is 2.82 bits per heavy atom. The molecule has 60 valence electrons. The second-order valence-electron chi connectivity index (χ2n) is 2.09. The summed E-state index contributed by atoms with van der Waals surface area (Å²) in [4.78, 5) is 13.0. The highest BCUT2D eigenvalue weighted by Crippen LogP contribution is 2.14. The van der Waals surface area contributed by atoms with Gasteiger partial charge in [0.2, 0.25) is 0 Å². The van der Waals surface area contributed by atoms with Crippen molar-refractivity contribution in [2.24, 2.45) is 5.73 Å². The molecule has 0 amide bonds. The number of halogens is 1. The van der Waals surface area contributed by atoms with Gasteiger partial charge in [-0.3, -0.25) is 4.79 Å². The van der Waals surface area contributed by atoms with E-state index in [0.717, 1.165) is 0 Å². The first-order valence-corrected chi connectivity index (χ1v) is 3.31. The number of carboxylic acids is 1. The Morgan fingerprint density at radius 1 is 1.82 bits per heavy atom. The van der Waals surface area contributed by atoms with Crippen molar-refractivity contribution in [2.45, 2.75) is 6.04 Å². The molecule has 1 heterocycles. The number of carbonyl (C=O) groups is 1. The summed E-state index contributed by atoms with van der Waals surface area (Å²) in [6.45, 7) is 0. The number of nitrogens with two attached hydrogens (primary N) is 1. The van der Waals surface area contributed by atoms with Crippen LogP contribution in [-0.4, -0.2) is 16.1 Å². The second kappa shape index (κ2) is 2.94. The molecule has 0 fully saturated rings. The molecule has 0 aliphatic rings. The fourth-order valence-corrected chi connectivity index (χ4v) is 0.869. The lowest BCUT2D eigenvalue weighted by Crippen LogP contribution is -2.20. The number of hydrogen-bond acceptors (Lipinski definition) is 2. The summed E-state index contributed by atoms with van der Waals surface area (Å²) in [6.07, 6.45) is 1.49. The zero-order valence-corrected chi connectivity index (χ0v) is 6.30. The van der Waals surface area contributed by atoms with E-state index in [1.54, 1.807) is 0 Å². The van der Waals surface area contributed by atoms with Crippen LogP contribution in [0.3, 0.4) is 0 Å². The molecule has 0 aliphatic heterocycles. The lowest BCUT2D eigenvalue weighted by molar-refractivity contribution is -0.138. The average Bonchev–Trinajstić information content (AvgIpc) is 2.34. The number of carboxylic acid groups (broad SMARTS) is 1. The van der Waals surface area contributed by atoms with Gasteiger partial charge in [0.15, 0.2) is 0 Å². The first-order chi connectivity index (χ1) is 5.11. The minimum atomic E-state index is -1.08. The minimum Gasteiger partial charge on any atom is -0.480 e. The summed E-state index contributed by atoms with van der Waals surface area (Å²) in [5.74, 6) is -1.08. The van der Waals surface area contributed by atoms with Crippen LogP contribution in [0.25, 0.3) is 0 Å². The van der Waals surface area contributed by atoms with Crippen LogP contribution < -0.4 is 5.73 Å². The zero-order valence-electron chi connectivity index (χ0n) is 5.54. The highest BCUT2D eigenvalue weighted by molar-refractivity contribution is 6.30. The van der Waals surface area contributed by atoms with Gasteiger partial charge < -0.3 is 15.8 Å². The van der Waals surface area contributed by atoms with Crippen LogP contribution in [0.4, 0.5) is 0 Å². The number of aromatic amines is 1. The molecule has 4 nitrogen and oxygen atoms in total. The van der Waals surface area contributed by atoms with Crippen LogP contribution in [0.1, 0.15) is 11.7 Å². The highest BCUT2D eigenvalue weighted by Gasteiger charge is 2.15. The number of aromatic nitrogens is 1. The van der Waals surface area contributed by atoms with E-state index in [-0.39, 0.29) is 0 Å². The van der Waals surface area contributed by atoms with Gasteiger partial charge in [0.05, 0.1) is 5.02 Å². The van der Waals surface area contributed by atoms with E-state index in [0.29, 0.717) is 10.7 Å². The summed E-state index contributed by atoms with van der Waals surface area (Å²) in [5, 5.41) is 8.91. The molecule has 1 aromatic rings. The van der Waals surface area contributed by atoms with Gasteiger partial charge in [-0.2, -0.15) is 0 Å². The maximum Gasteiger partial charge on any atom is 0.326 e. The van der Waals surface area contributed by atoms with Crippen molar-refractivity contribution in [3.05, 3.63) is 23.0 Å². The van der Waals surface area contributed by atoms with E-state index in [2.05, 4.69) is 4.98 Å².